The lowest BCUT2D eigenvalue weighted by Crippen LogP contribution is -2.31. The van der Waals surface area contributed by atoms with Crippen LogP contribution in [-0.4, -0.2) is 18.2 Å². The minimum atomic E-state index is -0.559. The summed E-state index contributed by atoms with van der Waals surface area (Å²) in [6.07, 6.45) is 8.24. The Labute approximate surface area is 556 Å². The molecule has 482 valence electrons. The molecule has 9 aromatic rings. The Morgan fingerprint density at radius 1 is 0.217 bits per heavy atom. The van der Waals surface area contributed by atoms with Gasteiger partial charge in [0.2, 0.25) is 0 Å². The van der Waals surface area contributed by atoms with Gasteiger partial charge in [-0.15, -0.1) is 0 Å². The van der Waals surface area contributed by atoms with Gasteiger partial charge in [0.25, 0.3) is 0 Å². The van der Waals surface area contributed by atoms with Crippen LogP contribution < -0.4 is 9.47 Å². The van der Waals surface area contributed by atoms with Gasteiger partial charge in [0.15, 0.2) is 0 Å². The van der Waals surface area contributed by atoms with Crippen molar-refractivity contribution < 1.29 is 9.47 Å². The number of rotatable bonds is 22. The third kappa shape index (κ3) is 16.1. The van der Waals surface area contributed by atoms with Crippen molar-refractivity contribution in [3.05, 3.63) is 302 Å². The zero-order chi connectivity index (χ0) is 66.3. The zero-order valence-corrected chi connectivity index (χ0v) is 59.5. The van der Waals surface area contributed by atoms with Crippen LogP contribution in [0.15, 0.2) is 212 Å². The molecule has 0 bridgehead atoms. The molecule has 0 amide bonds. The van der Waals surface area contributed by atoms with Crippen LogP contribution in [0.25, 0.3) is 0 Å². The Hall–Kier alpha value is -7.49. The SMILES string of the molecule is CC(C)(C)c1ccc(C(c2ccc(OCCCCCc3cccc(CCCCCOc4ccc(C(c5ccc(C(C)(C)C)cc5)(c5ccc(C(C)(C)C)cc5)c5ccc(C(C)(C)C)cc5)cc4)n3)cc2)(c2ccc(C(C)(C)C)cc2)c2ccc(C(C)(C)C)cc2)cc1. The van der Waals surface area contributed by atoms with E-state index in [0.29, 0.717) is 13.2 Å². The molecule has 0 saturated carbocycles. The van der Waals surface area contributed by atoms with Crippen molar-refractivity contribution in [2.75, 3.05) is 13.2 Å². The molecule has 0 radical (unpaired) electrons. The van der Waals surface area contributed by atoms with Gasteiger partial charge in [0, 0.05) is 11.4 Å². The molecule has 3 heteroatoms. The largest absolute Gasteiger partial charge is 0.494 e. The zero-order valence-electron chi connectivity index (χ0n) is 59.5. The summed E-state index contributed by atoms with van der Waals surface area (Å²) >= 11 is 0. The number of benzene rings is 8. The third-order valence-corrected chi connectivity index (χ3v) is 19.2. The van der Waals surface area contributed by atoms with Crippen LogP contribution in [0.4, 0.5) is 0 Å². The average Bonchev–Trinajstić information content (AvgIpc) is 0.737. The third-order valence-electron chi connectivity index (χ3n) is 19.2. The first-order chi connectivity index (χ1) is 43.4. The Morgan fingerprint density at radius 3 is 0.598 bits per heavy atom. The topological polar surface area (TPSA) is 31.4 Å². The maximum atomic E-state index is 6.49. The molecule has 3 nitrogen and oxygen atoms in total. The number of aromatic nitrogens is 1. The summed E-state index contributed by atoms with van der Waals surface area (Å²) in [5.41, 5.74) is 19.4. The van der Waals surface area contributed by atoms with Crippen LogP contribution in [0.3, 0.4) is 0 Å². The molecule has 0 fully saturated rings. The number of unbranched alkanes of at least 4 members (excludes halogenated alkanes) is 4. The number of nitrogens with zero attached hydrogens (tertiary/aromatic N) is 1. The quantitative estimate of drug-likeness (QED) is 0.0501. The van der Waals surface area contributed by atoms with E-state index < -0.39 is 10.8 Å². The molecule has 0 spiro atoms. The Balaban J connectivity index is 0.800. The molecule has 0 unspecified atom stereocenters. The fourth-order valence-electron chi connectivity index (χ4n) is 13.3. The van der Waals surface area contributed by atoms with Gasteiger partial charge < -0.3 is 9.47 Å². The molecule has 8 aromatic carbocycles. The number of hydrogen-bond donors (Lipinski definition) is 0. The van der Waals surface area contributed by atoms with Crippen LogP contribution in [0.5, 0.6) is 11.5 Å². The van der Waals surface area contributed by atoms with Crippen LogP contribution in [0.1, 0.15) is 252 Å². The van der Waals surface area contributed by atoms with E-state index in [1.165, 1.54) is 89.3 Å². The van der Waals surface area contributed by atoms with E-state index in [2.05, 4.69) is 337 Å². The van der Waals surface area contributed by atoms with Crippen LogP contribution in [0.2, 0.25) is 0 Å². The van der Waals surface area contributed by atoms with E-state index in [1.807, 2.05) is 0 Å². The number of hydrogen-bond acceptors (Lipinski definition) is 3. The van der Waals surface area contributed by atoms with Crippen LogP contribution >= 0.6 is 0 Å². The van der Waals surface area contributed by atoms with Gasteiger partial charge in [-0.05, 0) is 198 Å². The van der Waals surface area contributed by atoms with Gasteiger partial charge in [-0.1, -0.05) is 301 Å². The first kappa shape index (κ1) is 68.9. The number of ether oxygens (including phenoxy) is 2. The minimum Gasteiger partial charge on any atom is -0.494 e. The second-order valence-corrected chi connectivity index (χ2v) is 32.5. The predicted octanol–water partition coefficient (Wildman–Crippen LogP) is 23.2. The Kier molecular flexibility index (Phi) is 21.0. The monoisotopic (exact) mass is 1220 g/mol. The molecule has 92 heavy (non-hydrogen) atoms. The van der Waals surface area contributed by atoms with E-state index in [-0.39, 0.29) is 32.5 Å². The first-order valence-corrected chi connectivity index (χ1v) is 34.5. The van der Waals surface area contributed by atoms with Gasteiger partial charge in [-0.2, -0.15) is 0 Å². The smallest absolute Gasteiger partial charge is 0.119 e. The molecule has 0 N–H and O–H groups in total. The van der Waals surface area contributed by atoms with Crippen LogP contribution in [-0.2, 0) is 56.2 Å². The standard InChI is InChI=1S/C89H109NO2/c1-82(2,3)64-30-42-70(43-31-64)88(71-44-32-65(33-45-71)83(4,5)6,72-46-34-66(35-47-72)84(7,8)9)76-54-58-80(59-55-76)91-62-23-19-21-26-78-28-25-29-79(90-78)27-22-20-24-63-92-81-60-56-77(57-61-81)89(73-48-36-67(37-49-73)85(10,11)12,74-50-38-68(39-51-74)86(13,14)15)75-52-40-69(41-53-75)87(16,17)18/h25,28-61H,19-24,26-27,62-63H2,1-18H3. The van der Waals surface area contributed by atoms with Crippen molar-refractivity contribution >= 4 is 0 Å². The number of pyridine rings is 1. The average molecular weight is 1220 g/mol. The minimum absolute atomic E-state index is 0.0443. The molecule has 0 aliphatic carbocycles. The lowest BCUT2D eigenvalue weighted by Gasteiger charge is -2.38. The van der Waals surface area contributed by atoms with E-state index in [9.17, 15) is 0 Å². The Bertz CT molecular complexity index is 3240. The number of aryl methyl sites for hydroxylation is 2. The molecular formula is C89H109NO2. The lowest BCUT2D eigenvalue weighted by atomic mass is 9.64. The summed E-state index contributed by atoms with van der Waals surface area (Å²) < 4.78 is 13.0. The molecule has 0 aliphatic rings. The van der Waals surface area contributed by atoms with Gasteiger partial charge >= 0.3 is 0 Å². The van der Waals surface area contributed by atoms with Gasteiger partial charge in [-0.3, -0.25) is 4.98 Å². The van der Waals surface area contributed by atoms with E-state index in [4.69, 9.17) is 14.5 Å². The summed E-state index contributed by atoms with van der Waals surface area (Å²) in [6.45, 7) is 42.6. The fourth-order valence-corrected chi connectivity index (χ4v) is 13.3. The van der Waals surface area contributed by atoms with Crippen molar-refractivity contribution in [2.24, 2.45) is 0 Å². The normalized spacial score (nSPS) is 12.9. The molecule has 0 aliphatic heterocycles. The first-order valence-electron chi connectivity index (χ1n) is 34.5. The molecule has 1 aromatic heterocycles. The Morgan fingerprint density at radius 2 is 0.402 bits per heavy atom. The highest BCUT2D eigenvalue weighted by atomic mass is 16.5. The summed E-state index contributed by atoms with van der Waals surface area (Å²) in [4.78, 5) is 5.12. The molecule has 9 rings (SSSR count). The molecule has 0 atom stereocenters. The maximum Gasteiger partial charge on any atom is 0.119 e. The van der Waals surface area contributed by atoms with Crippen molar-refractivity contribution in [3.8, 4) is 11.5 Å². The second kappa shape index (κ2) is 28.0. The summed E-state index contributed by atoms with van der Waals surface area (Å²) in [7, 11) is 0. The maximum absolute atomic E-state index is 6.49. The lowest BCUT2D eigenvalue weighted by molar-refractivity contribution is 0.305. The highest BCUT2D eigenvalue weighted by molar-refractivity contribution is 5.63. The van der Waals surface area contributed by atoms with Gasteiger partial charge in [0.05, 0.1) is 24.0 Å². The molecule has 0 saturated heterocycles. The summed E-state index contributed by atoms with van der Waals surface area (Å²) in [5, 5.41) is 0. The van der Waals surface area contributed by atoms with Crippen molar-refractivity contribution in [1.82, 2.24) is 4.98 Å². The van der Waals surface area contributed by atoms with E-state index in [1.54, 1.807) is 0 Å². The van der Waals surface area contributed by atoms with Crippen molar-refractivity contribution in [3.63, 3.8) is 0 Å². The molecular weight excluding hydrogens is 1110 g/mol. The summed E-state index contributed by atoms with van der Waals surface area (Å²) in [6, 6.07) is 80.9. The summed E-state index contributed by atoms with van der Waals surface area (Å²) in [5.74, 6) is 1.80. The fraction of sp³-hybridized carbons (Fsp3) is 0.404. The van der Waals surface area contributed by atoms with Crippen molar-refractivity contribution in [2.45, 2.75) is 219 Å². The van der Waals surface area contributed by atoms with E-state index >= 15 is 0 Å². The van der Waals surface area contributed by atoms with Crippen LogP contribution in [0, 0.1) is 0 Å². The second-order valence-electron chi connectivity index (χ2n) is 32.5. The van der Waals surface area contributed by atoms with Gasteiger partial charge in [-0.25, -0.2) is 0 Å². The van der Waals surface area contributed by atoms with E-state index in [0.717, 1.165) is 62.9 Å². The highest BCUT2D eigenvalue weighted by Gasteiger charge is 2.41. The van der Waals surface area contributed by atoms with Gasteiger partial charge in [0.1, 0.15) is 11.5 Å². The van der Waals surface area contributed by atoms with Crippen molar-refractivity contribution in [1.29, 1.82) is 0 Å². The highest BCUT2D eigenvalue weighted by Crippen LogP contribution is 2.49. The predicted molar refractivity (Wildman–Crippen MR) is 392 cm³/mol. The molecule has 1 heterocycles.